The normalized spacial score (nSPS) is 12.7. The number of hydrogen-bond acceptors (Lipinski definition) is 3. The van der Waals surface area contributed by atoms with Crippen LogP contribution in [0, 0.1) is 0 Å². The third-order valence-corrected chi connectivity index (χ3v) is 3.06. The predicted octanol–water partition coefficient (Wildman–Crippen LogP) is 1.73. The topological polar surface area (TPSA) is 63.6 Å². The van der Waals surface area contributed by atoms with E-state index in [-0.39, 0.29) is 11.6 Å². The van der Waals surface area contributed by atoms with Gasteiger partial charge < -0.3 is 9.55 Å². The van der Waals surface area contributed by atoms with Gasteiger partial charge in [-0.05, 0) is 12.5 Å². The van der Waals surface area contributed by atoms with Gasteiger partial charge in [0.25, 0.3) is 5.56 Å². The van der Waals surface area contributed by atoms with Crippen molar-refractivity contribution in [3.05, 3.63) is 58.9 Å². The van der Waals surface area contributed by atoms with Crippen LogP contribution in [0.3, 0.4) is 0 Å². The second kappa shape index (κ2) is 4.10. The van der Waals surface area contributed by atoms with E-state index in [9.17, 15) is 4.79 Å². The fourth-order valence-electron chi connectivity index (χ4n) is 2.04. The highest BCUT2D eigenvalue weighted by Gasteiger charge is 2.13. The molecule has 5 heteroatoms. The van der Waals surface area contributed by atoms with Crippen molar-refractivity contribution in [2.45, 2.75) is 13.0 Å². The molecule has 0 spiro atoms. The number of H-pyrrole nitrogens is 1. The van der Waals surface area contributed by atoms with Gasteiger partial charge in [0.05, 0.1) is 18.7 Å². The van der Waals surface area contributed by atoms with Gasteiger partial charge in [0, 0.05) is 0 Å². The molecule has 0 saturated heterocycles. The van der Waals surface area contributed by atoms with Crippen molar-refractivity contribution in [3.8, 4) is 0 Å². The molecular weight excluding hydrogens is 228 g/mol. The van der Waals surface area contributed by atoms with Gasteiger partial charge in [-0.25, -0.2) is 9.97 Å². The Morgan fingerprint density at radius 2 is 2.00 bits per heavy atom. The van der Waals surface area contributed by atoms with E-state index in [4.69, 9.17) is 0 Å². The van der Waals surface area contributed by atoms with Gasteiger partial charge in [-0.2, -0.15) is 0 Å². The van der Waals surface area contributed by atoms with Crippen LogP contribution < -0.4 is 5.56 Å². The Hall–Kier alpha value is -2.43. The summed E-state index contributed by atoms with van der Waals surface area (Å²) in [7, 11) is 0. The summed E-state index contributed by atoms with van der Waals surface area (Å²) in [5, 5.41) is 0. The average Bonchev–Trinajstić information content (AvgIpc) is 2.84. The molecule has 1 atom stereocenters. The lowest BCUT2D eigenvalue weighted by molar-refractivity contribution is 0.652. The zero-order valence-corrected chi connectivity index (χ0v) is 9.87. The van der Waals surface area contributed by atoms with Crippen LogP contribution in [0.5, 0.6) is 0 Å². The summed E-state index contributed by atoms with van der Waals surface area (Å²) in [4.78, 5) is 22.4. The van der Waals surface area contributed by atoms with E-state index in [0.29, 0.717) is 11.2 Å². The number of nitrogens with one attached hydrogen (secondary N) is 1. The summed E-state index contributed by atoms with van der Waals surface area (Å²) in [5.74, 6) is 0. The van der Waals surface area contributed by atoms with E-state index in [1.807, 2.05) is 34.9 Å². The van der Waals surface area contributed by atoms with E-state index in [1.165, 1.54) is 6.33 Å². The van der Waals surface area contributed by atoms with Crippen LogP contribution in [0.1, 0.15) is 18.5 Å². The number of hydrogen-bond donors (Lipinski definition) is 1. The molecule has 0 aliphatic heterocycles. The zero-order valence-electron chi connectivity index (χ0n) is 9.87. The molecule has 2 aromatic heterocycles. The van der Waals surface area contributed by atoms with Crippen LogP contribution in [-0.4, -0.2) is 19.5 Å². The molecule has 2 heterocycles. The van der Waals surface area contributed by atoms with E-state index in [0.717, 1.165) is 5.56 Å². The molecule has 1 N–H and O–H groups in total. The van der Waals surface area contributed by atoms with Gasteiger partial charge in [0.2, 0.25) is 0 Å². The van der Waals surface area contributed by atoms with Crippen LogP contribution in [0.25, 0.3) is 11.2 Å². The summed E-state index contributed by atoms with van der Waals surface area (Å²) < 4.78 is 1.90. The summed E-state index contributed by atoms with van der Waals surface area (Å²) in [6, 6.07) is 10.1. The summed E-state index contributed by atoms with van der Waals surface area (Å²) >= 11 is 0. The number of rotatable bonds is 2. The highest BCUT2D eigenvalue weighted by molar-refractivity contribution is 5.69. The van der Waals surface area contributed by atoms with Gasteiger partial charge in [-0.3, -0.25) is 4.79 Å². The van der Waals surface area contributed by atoms with Crippen LogP contribution in [0.4, 0.5) is 0 Å². The second-order valence-electron chi connectivity index (χ2n) is 4.14. The van der Waals surface area contributed by atoms with Crippen LogP contribution in [0.15, 0.2) is 47.8 Å². The largest absolute Gasteiger partial charge is 0.311 e. The monoisotopic (exact) mass is 240 g/mol. The Balaban J connectivity index is 2.16. The van der Waals surface area contributed by atoms with E-state index < -0.39 is 0 Å². The summed E-state index contributed by atoms with van der Waals surface area (Å²) in [6.07, 6.45) is 3.06. The highest BCUT2D eigenvalue weighted by Crippen LogP contribution is 2.20. The van der Waals surface area contributed by atoms with E-state index in [2.05, 4.69) is 21.9 Å². The number of aromatic nitrogens is 4. The minimum absolute atomic E-state index is 0.0884. The van der Waals surface area contributed by atoms with Gasteiger partial charge in [0.1, 0.15) is 0 Å². The standard InChI is InChI=1S/C13H12N4O/c1-9(10-5-3-2-4-6-10)17-8-16-11-12(17)14-7-15-13(11)18/h2-9H,1H3,(H,14,15,18). The van der Waals surface area contributed by atoms with Crippen molar-refractivity contribution in [2.24, 2.45) is 0 Å². The molecule has 3 aromatic rings. The van der Waals surface area contributed by atoms with Gasteiger partial charge >= 0.3 is 0 Å². The molecule has 0 fully saturated rings. The number of fused-ring (bicyclic) bond motifs is 1. The highest BCUT2D eigenvalue weighted by atomic mass is 16.1. The number of benzene rings is 1. The van der Waals surface area contributed by atoms with Gasteiger partial charge in [-0.1, -0.05) is 30.3 Å². The Labute approximate surface area is 103 Å². The van der Waals surface area contributed by atoms with E-state index in [1.54, 1.807) is 6.33 Å². The quantitative estimate of drug-likeness (QED) is 0.742. The second-order valence-corrected chi connectivity index (χ2v) is 4.14. The third-order valence-electron chi connectivity index (χ3n) is 3.06. The maximum atomic E-state index is 11.6. The Morgan fingerprint density at radius 1 is 1.22 bits per heavy atom. The number of aromatic amines is 1. The molecule has 0 bridgehead atoms. The number of nitrogens with zero attached hydrogens (tertiary/aromatic N) is 3. The maximum absolute atomic E-state index is 11.6. The first-order valence-electron chi connectivity index (χ1n) is 5.72. The molecule has 1 aromatic carbocycles. The first-order chi connectivity index (χ1) is 8.77. The molecule has 3 rings (SSSR count). The molecule has 0 saturated carbocycles. The lowest BCUT2D eigenvalue weighted by atomic mass is 10.1. The molecule has 0 amide bonds. The average molecular weight is 240 g/mol. The SMILES string of the molecule is CC(c1ccccc1)n1cnc2c(=O)[nH]cnc21. The molecule has 18 heavy (non-hydrogen) atoms. The summed E-state index contributed by atoms with van der Waals surface area (Å²) in [6.45, 7) is 2.05. The molecule has 0 radical (unpaired) electrons. The maximum Gasteiger partial charge on any atom is 0.278 e. The smallest absolute Gasteiger partial charge is 0.278 e. The first-order valence-corrected chi connectivity index (χ1v) is 5.72. The van der Waals surface area contributed by atoms with Crippen molar-refractivity contribution >= 4 is 11.2 Å². The Morgan fingerprint density at radius 3 is 2.78 bits per heavy atom. The van der Waals surface area contributed by atoms with Crippen LogP contribution in [-0.2, 0) is 0 Å². The van der Waals surface area contributed by atoms with Crippen molar-refractivity contribution < 1.29 is 0 Å². The van der Waals surface area contributed by atoms with Crippen LogP contribution >= 0.6 is 0 Å². The Bertz CT molecular complexity index is 729. The molecule has 0 aliphatic rings. The first kappa shape index (κ1) is 10.7. The number of imidazole rings is 1. The lowest BCUT2D eigenvalue weighted by Crippen LogP contribution is -2.10. The molecular formula is C13H12N4O. The molecule has 5 nitrogen and oxygen atoms in total. The fraction of sp³-hybridized carbons (Fsp3) is 0.154. The minimum Gasteiger partial charge on any atom is -0.311 e. The molecule has 1 unspecified atom stereocenters. The molecule has 90 valence electrons. The minimum atomic E-state index is -0.209. The predicted molar refractivity (Wildman–Crippen MR) is 68.4 cm³/mol. The zero-order chi connectivity index (χ0) is 12.5. The fourth-order valence-corrected chi connectivity index (χ4v) is 2.04. The van der Waals surface area contributed by atoms with Crippen molar-refractivity contribution in [2.75, 3.05) is 0 Å². The van der Waals surface area contributed by atoms with E-state index >= 15 is 0 Å². The Kier molecular flexibility index (Phi) is 2.44. The van der Waals surface area contributed by atoms with Crippen molar-refractivity contribution in [1.82, 2.24) is 19.5 Å². The molecule has 0 aliphatic carbocycles. The summed E-state index contributed by atoms with van der Waals surface area (Å²) in [5.41, 5.74) is 1.92. The van der Waals surface area contributed by atoms with Gasteiger partial charge in [-0.15, -0.1) is 0 Å². The lowest BCUT2D eigenvalue weighted by Gasteiger charge is -2.13. The third kappa shape index (κ3) is 1.60. The van der Waals surface area contributed by atoms with Crippen molar-refractivity contribution in [1.29, 1.82) is 0 Å². The van der Waals surface area contributed by atoms with Crippen LogP contribution in [0.2, 0.25) is 0 Å². The van der Waals surface area contributed by atoms with Crippen molar-refractivity contribution in [3.63, 3.8) is 0 Å². The van der Waals surface area contributed by atoms with Gasteiger partial charge in [0.15, 0.2) is 11.2 Å².